The van der Waals surface area contributed by atoms with Crippen molar-refractivity contribution in [3.63, 3.8) is 0 Å². The van der Waals surface area contributed by atoms with Gasteiger partial charge in [-0.15, -0.1) is 0 Å². The predicted octanol–water partition coefficient (Wildman–Crippen LogP) is 1.64. The zero-order valence-electron chi connectivity index (χ0n) is 16.9. The third kappa shape index (κ3) is 4.37. The summed E-state index contributed by atoms with van der Waals surface area (Å²) in [4.78, 5) is 22.4. The Morgan fingerprint density at radius 1 is 1.31 bits per heavy atom. The standard InChI is InChI=1S/C22H30N4O3/c1-21(25-19(27)15-17-5-3-2-4-6-17)9-14-29-22(20(21)28)7-12-26(13-8-22)16-18-23-10-11-24-18/h2-6,10-11,20,28H,7-9,12-16H2,1H3,(H,23,24)(H,25,27)/t20-,21+/m1/s1. The van der Waals surface area contributed by atoms with E-state index in [9.17, 15) is 9.90 Å². The van der Waals surface area contributed by atoms with Gasteiger partial charge in [0.1, 0.15) is 11.9 Å². The second kappa shape index (κ2) is 8.26. The van der Waals surface area contributed by atoms with Gasteiger partial charge in [0, 0.05) is 32.1 Å². The van der Waals surface area contributed by atoms with Crippen LogP contribution in [0.4, 0.5) is 0 Å². The molecule has 0 aliphatic carbocycles. The van der Waals surface area contributed by atoms with Gasteiger partial charge in [0.2, 0.25) is 5.91 Å². The van der Waals surface area contributed by atoms with Gasteiger partial charge in [-0.25, -0.2) is 4.98 Å². The molecule has 1 spiro atoms. The lowest BCUT2D eigenvalue weighted by atomic mass is 9.73. The SMILES string of the molecule is C[C@]1(NC(=O)Cc2ccccc2)CCOC2(CCN(Cc3ncc[nH]3)CC2)[C@@H]1O. The number of aliphatic hydroxyl groups excluding tert-OH is 1. The molecule has 156 valence electrons. The maximum atomic E-state index is 12.7. The van der Waals surface area contributed by atoms with Gasteiger partial charge in [-0.3, -0.25) is 9.69 Å². The number of carbonyl (C=O) groups excluding carboxylic acids is 1. The second-order valence-corrected chi connectivity index (χ2v) is 8.51. The fraction of sp³-hybridized carbons (Fsp3) is 0.545. The summed E-state index contributed by atoms with van der Waals surface area (Å²) in [5.74, 6) is 0.883. The molecule has 4 rings (SSSR count). The van der Waals surface area contributed by atoms with Gasteiger partial charge >= 0.3 is 0 Å². The van der Waals surface area contributed by atoms with Crippen molar-refractivity contribution in [2.24, 2.45) is 0 Å². The number of imidazole rings is 1. The Balaban J connectivity index is 1.38. The number of nitrogens with one attached hydrogen (secondary N) is 2. The molecule has 0 bridgehead atoms. The third-order valence-electron chi connectivity index (χ3n) is 6.38. The number of ether oxygens (including phenoxy) is 1. The molecule has 7 heteroatoms. The molecule has 2 aromatic rings. The minimum atomic E-state index is -0.741. The molecule has 1 aromatic carbocycles. The second-order valence-electron chi connectivity index (χ2n) is 8.51. The van der Waals surface area contributed by atoms with Gasteiger partial charge in [-0.05, 0) is 31.7 Å². The normalized spacial score (nSPS) is 27.0. The topological polar surface area (TPSA) is 90.5 Å². The number of carbonyl (C=O) groups is 1. The zero-order valence-corrected chi connectivity index (χ0v) is 16.9. The molecular weight excluding hydrogens is 368 g/mol. The Labute approximate surface area is 171 Å². The molecule has 0 unspecified atom stereocenters. The van der Waals surface area contributed by atoms with Crippen LogP contribution in [0, 0.1) is 0 Å². The van der Waals surface area contributed by atoms with Crippen molar-refractivity contribution in [3.05, 3.63) is 54.1 Å². The molecule has 0 radical (unpaired) electrons. The van der Waals surface area contributed by atoms with E-state index >= 15 is 0 Å². The number of hydrogen-bond donors (Lipinski definition) is 3. The fourth-order valence-electron chi connectivity index (χ4n) is 4.64. The van der Waals surface area contributed by atoms with Crippen LogP contribution in [-0.2, 0) is 22.5 Å². The molecule has 2 aliphatic heterocycles. The minimum Gasteiger partial charge on any atom is -0.388 e. The number of nitrogens with zero attached hydrogens (tertiary/aromatic N) is 2. The number of benzene rings is 1. The monoisotopic (exact) mass is 398 g/mol. The van der Waals surface area contributed by atoms with Crippen molar-refractivity contribution in [2.45, 2.75) is 56.4 Å². The summed E-state index contributed by atoms with van der Waals surface area (Å²) >= 11 is 0. The van der Waals surface area contributed by atoms with Crippen LogP contribution in [0.2, 0.25) is 0 Å². The summed E-state index contributed by atoms with van der Waals surface area (Å²) in [5.41, 5.74) is -0.323. The number of hydrogen-bond acceptors (Lipinski definition) is 5. The van der Waals surface area contributed by atoms with E-state index < -0.39 is 17.2 Å². The average molecular weight is 399 g/mol. The first-order valence-corrected chi connectivity index (χ1v) is 10.4. The Kier molecular flexibility index (Phi) is 5.72. The van der Waals surface area contributed by atoms with Crippen LogP contribution in [0.1, 0.15) is 37.6 Å². The summed E-state index contributed by atoms with van der Waals surface area (Å²) in [6.45, 7) is 4.90. The van der Waals surface area contributed by atoms with Gasteiger partial charge in [0.15, 0.2) is 0 Å². The molecule has 2 saturated heterocycles. The molecule has 3 N–H and O–H groups in total. The summed E-state index contributed by atoms with van der Waals surface area (Å²) in [6.07, 6.45) is 5.24. The van der Waals surface area contributed by atoms with Crippen molar-refractivity contribution < 1.29 is 14.6 Å². The van der Waals surface area contributed by atoms with Crippen LogP contribution in [-0.4, -0.2) is 62.8 Å². The lowest BCUT2D eigenvalue weighted by Gasteiger charge is -2.53. The Bertz CT molecular complexity index is 803. The lowest BCUT2D eigenvalue weighted by Crippen LogP contribution is -2.69. The Morgan fingerprint density at radius 2 is 2.07 bits per heavy atom. The van der Waals surface area contributed by atoms with E-state index in [-0.39, 0.29) is 5.91 Å². The molecule has 7 nitrogen and oxygen atoms in total. The summed E-state index contributed by atoms with van der Waals surface area (Å²) in [5, 5.41) is 14.4. The fourth-order valence-corrected chi connectivity index (χ4v) is 4.64. The lowest BCUT2D eigenvalue weighted by molar-refractivity contribution is -0.208. The summed E-state index contributed by atoms with van der Waals surface area (Å²) in [7, 11) is 0. The van der Waals surface area contributed by atoms with E-state index in [0.717, 1.165) is 43.9 Å². The van der Waals surface area contributed by atoms with E-state index in [1.165, 1.54) is 0 Å². The third-order valence-corrected chi connectivity index (χ3v) is 6.38. The van der Waals surface area contributed by atoms with Crippen molar-refractivity contribution in [1.29, 1.82) is 0 Å². The van der Waals surface area contributed by atoms with Crippen LogP contribution in [0.5, 0.6) is 0 Å². The summed E-state index contributed by atoms with van der Waals surface area (Å²) in [6, 6.07) is 9.68. The van der Waals surface area contributed by atoms with Crippen molar-refractivity contribution >= 4 is 5.91 Å². The molecule has 2 atom stereocenters. The summed E-state index contributed by atoms with van der Waals surface area (Å²) < 4.78 is 6.15. The van der Waals surface area contributed by atoms with Crippen LogP contribution >= 0.6 is 0 Å². The first-order valence-electron chi connectivity index (χ1n) is 10.4. The van der Waals surface area contributed by atoms with Crippen LogP contribution in [0.25, 0.3) is 0 Å². The Hall–Kier alpha value is -2.22. The number of H-pyrrole nitrogens is 1. The predicted molar refractivity (Wildman–Crippen MR) is 109 cm³/mol. The van der Waals surface area contributed by atoms with E-state index in [0.29, 0.717) is 19.4 Å². The maximum Gasteiger partial charge on any atom is 0.224 e. The molecule has 1 aromatic heterocycles. The molecule has 29 heavy (non-hydrogen) atoms. The van der Waals surface area contributed by atoms with E-state index in [1.54, 1.807) is 6.20 Å². The smallest absolute Gasteiger partial charge is 0.224 e. The van der Waals surface area contributed by atoms with Crippen LogP contribution in [0.3, 0.4) is 0 Å². The van der Waals surface area contributed by atoms with Gasteiger partial charge in [0.05, 0.1) is 24.1 Å². The molecule has 1 amide bonds. The highest BCUT2D eigenvalue weighted by Crippen LogP contribution is 2.40. The van der Waals surface area contributed by atoms with Crippen LogP contribution in [0.15, 0.2) is 42.7 Å². The average Bonchev–Trinajstić information content (AvgIpc) is 3.22. The highest BCUT2D eigenvalue weighted by molar-refractivity contribution is 5.79. The van der Waals surface area contributed by atoms with Crippen LogP contribution < -0.4 is 5.32 Å². The molecule has 3 heterocycles. The zero-order chi connectivity index (χ0) is 20.3. The number of aliphatic hydroxyl groups is 1. The van der Waals surface area contributed by atoms with Gasteiger partial charge in [0.25, 0.3) is 0 Å². The van der Waals surface area contributed by atoms with Gasteiger partial charge in [-0.1, -0.05) is 30.3 Å². The maximum absolute atomic E-state index is 12.7. The number of aromatic amines is 1. The van der Waals surface area contributed by atoms with E-state index in [4.69, 9.17) is 4.74 Å². The first kappa shape index (κ1) is 20.1. The highest BCUT2D eigenvalue weighted by atomic mass is 16.5. The molecule has 2 aliphatic rings. The molecule has 0 saturated carbocycles. The van der Waals surface area contributed by atoms with Gasteiger partial charge < -0.3 is 20.1 Å². The highest BCUT2D eigenvalue weighted by Gasteiger charge is 2.53. The first-order chi connectivity index (χ1) is 14.0. The Morgan fingerprint density at radius 3 is 2.76 bits per heavy atom. The van der Waals surface area contributed by atoms with E-state index in [1.807, 2.05) is 43.5 Å². The number of aromatic nitrogens is 2. The largest absolute Gasteiger partial charge is 0.388 e. The molecule has 2 fully saturated rings. The van der Waals surface area contributed by atoms with E-state index in [2.05, 4.69) is 20.2 Å². The number of likely N-dealkylation sites (tertiary alicyclic amines) is 1. The quantitative estimate of drug-likeness (QED) is 0.712. The van der Waals surface area contributed by atoms with Crippen molar-refractivity contribution in [1.82, 2.24) is 20.2 Å². The van der Waals surface area contributed by atoms with Crippen molar-refractivity contribution in [3.8, 4) is 0 Å². The van der Waals surface area contributed by atoms with Crippen molar-refractivity contribution in [2.75, 3.05) is 19.7 Å². The number of rotatable bonds is 5. The number of amides is 1. The van der Waals surface area contributed by atoms with Gasteiger partial charge in [-0.2, -0.15) is 0 Å². The number of piperidine rings is 1. The minimum absolute atomic E-state index is 0.0648. The molecular formula is C22H30N4O3.